The first-order valence-electron chi connectivity index (χ1n) is 9.59. The molecule has 0 unspecified atom stereocenters. The molecule has 0 saturated carbocycles. The molecule has 1 aromatic rings. The van der Waals surface area contributed by atoms with Gasteiger partial charge in [-0.1, -0.05) is 0 Å². The molecule has 1 aromatic heterocycles. The number of amides is 1. The Morgan fingerprint density at radius 1 is 1.36 bits per heavy atom. The number of carbonyl (C=O) groups excluding carboxylic acids is 1. The highest BCUT2D eigenvalue weighted by atomic mass is 16.5. The molecule has 0 spiro atoms. The highest BCUT2D eigenvalue weighted by Gasteiger charge is 2.32. The maximum atomic E-state index is 12.8. The van der Waals surface area contributed by atoms with Crippen molar-refractivity contribution in [2.75, 3.05) is 19.8 Å². The van der Waals surface area contributed by atoms with Gasteiger partial charge < -0.3 is 14.4 Å². The summed E-state index contributed by atoms with van der Waals surface area (Å²) in [5, 5.41) is 4.54. The van der Waals surface area contributed by atoms with Crippen molar-refractivity contribution >= 4 is 5.91 Å². The molecule has 0 N–H and O–H groups in total. The third-order valence-corrected chi connectivity index (χ3v) is 5.30. The van der Waals surface area contributed by atoms with E-state index < -0.39 is 6.10 Å². The second-order valence-corrected chi connectivity index (χ2v) is 7.40. The van der Waals surface area contributed by atoms with Gasteiger partial charge in [0.05, 0.1) is 31.0 Å². The second kappa shape index (κ2) is 8.32. The van der Waals surface area contributed by atoms with E-state index in [1.165, 1.54) is 6.42 Å². The van der Waals surface area contributed by atoms with Crippen LogP contribution in [0.2, 0.25) is 0 Å². The smallest absolute Gasteiger partial charge is 0.251 e. The fraction of sp³-hybridized carbons (Fsp3) is 0.789. The molecule has 0 bridgehead atoms. The van der Waals surface area contributed by atoms with Crippen LogP contribution in [0, 0.1) is 13.8 Å². The zero-order valence-corrected chi connectivity index (χ0v) is 15.7. The fourth-order valence-electron chi connectivity index (χ4n) is 3.87. The molecule has 140 valence electrons. The van der Waals surface area contributed by atoms with Crippen molar-refractivity contribution in [1.82, 2.24) is 14.7 Å². The Kier molecular flexibility index (Phi) is 6.12. The molecule has 0 radical (unpaired) electrons. The standard InChI is InChI=1S/C19H31N3O3/c1-14-11-15(2)22(20-14)12-17-7-6-9-21(17)19(23)16(3)25-13-18-8-4-5-10-24-18/h11,16-18H,4-10,12-13H2,1-3H3/t16-,17-,18-/m0/s1. The molecule has 3 heterocycles. The van der Waals surface area contributed by atoms with Crippen LogP contribution in [0.1, 0.15) is 50.4 Å². The van der Waals surface area contributed by atoms with Crippen LogP contribution in [-0.4, -0.2) is 58.6 Å². The van der Waals surface area contributed by atoms with Crippen LogP contribution >= 0.6 is 0 Å². The lowest BCUT2D eigenvalue weighted by atomic mass is 10.1. The number of hydrogen-bond donors (Lipinski definition) is 0. The topological polar surface area (TPSA) is 56.6 Å². The summed E-state index contributed by atoms with van der Waals surface area (Å²) in [6.07, 6.45) is 5.17. The summed E-state index contributed by atoms with van der Waals surface area (Å²) in [5.74, 6) is 0.0971. The van der Waals surface area contributed by atoms with Gasteiger partial charge in [0.25, 0.3) is 5.91 Å². The summed E-state index contributed by atoms with van der Waals surface area (Å²) >= 11 is 0. The number of aryl methyl sites for hydroxylation is 2. The van der Waals surface area contributed by atoms with Gasteiger partial charge in [-0.25, -0.2) is 0 Å². The van der Waals surface area contributed by atoms with Crippen molar-refractivity contribution in [1.29, 1.82) is 0 Å². The van der Waals surface area contributed by atoms with E-state index in [0.29, 0.717) is 6.61 Å². The minimum Gasteiger partial charge on any atom is -0.376 e. The van der Waals surface area contributed by atoms with Crippen LogP contribution < -0.4 is 0 Å². The predicted molar refractivity (Wildman–Crippen MR) is 95.4 cm³/mol. The number of ether oxygens (including phenoxy) is 2. The van der Waals surface area contributed by atoms with Crippen molar-refractivity contribution in [3.8, 4) is 0 Å². The fourth-order valence-corrected chi connectivity index (χ4v) is 3.87. The van der Waals surface area contributed by atoms with E-state index in [1.54, 1.807) is 0 Å². The van der Waals surface area contributed by atoms with Gasteiger partial charge in [0.15, 0.2) is 0 Å². The van der Waals surface area contributed by atoms with Gasteiger partial charge >= 0.3 is 0 Å². The van der Waals surface area contributed by atoms with Crippen molar-refractivity contribution in [3.05, 3.63) is 17.5 Å². The molecule has 25 heavy (non-hydrogen) atoms. The molecule has 3 atom stereocenters. The van der Waals surface area contributed by atoms with E-state index in [1.807, 2.05) is 23.4 Å². The van der Waals surface area contributed by atoms with Crippen LogP contribution in [0.15, 0.2) is 6.07 Å². The number of likely N-dealkylation sites (tertiary alicyclic amines) is 1. The summed E-state index contributed by atoms with van der Waals surface area (Å²) in [5.41, 5.74) is 2.17. The number of carbonyl (C=O) groups is 1. The Labute approximate surface area is 150 Å². The third-order valence-electron chi connectivity index (χ3n) is 5.30. The zero-order chi connectivity index (χ0) is 17.8. The monoisotopic (exact) mass is 349 g/mol. The molecule has 6 heteroatoms. The Bertz CT molecular complexity index is 580. The Morgan fingerprint density at radius 3 is 2.88 bits per heavy atom. The maximum Gasteiger partial charge on any atom is 0.251 e. The van der Waals surface area contributed by atoms with Crippen LogP contribution in [0.4, 0.5) is 0 Å². The van der Waals surface area contributed by atoms with Gasteiger partial charge in [-0.3, -0.25) is 9.48 Å². The van der Waals surface area contributed by atoms with E-state index in [4.69, 9.17) is 9.47 Å². The lowest BCUT2D eigenvalue weighted by molar-refractivity contribution is -0.147. The summed E-state index contributed by atoms with van der Waals surface area (Å²) in [4.78, 5) is 14.8. The van der Waals surface area contributed by atoms with Gasteiger partial charge in [0.2, 0.25) is 0 Å². The summed E-state index contributed by atoms with van der Waals surface area (Å²) in [6, 6.07) is 2.29. The Morgan fingerprint density at radius 2 is 2.20 bits per heavy atom. The van der Waals surface area contributed by atoms with Crippen molar-refractivity contribution < 1.29 is 14.3 Å². The molecule has 0 aromatic carbocycles. The van der Waals surface area contributed by atoms with Crippen molar-refractivity contribution in [2.45, 2.75) is 77.7 Å². The molecular weight excluding hydrogens is 318 g/mol. The molecule has 3 rings (SSSR count). The van der Waals surface area contributed by atoms with Gasteiger partial charge in [-0.15, -0.1) is 0 Å². The highest BCUT2D eigenvalue weighted by Crippen LogP contribution is 2.22. The van der Waals surface area contributed by atoms with Crippen LogP contribution in [0.5, 0.6) is 0 Å². The Balaban J connectivity index is 1.53. The predicted octanol–water partition coefficient (Wildman–Crippen LogP) is 2.47. The quantitative estimate of drug-likeness (QED) is 0.792. The van der Waals surface area contributed by atoms with Crippen molar-refractivity contribution in [3.63, 3.8) is 0 Å². The van der Waals surface area contributed by atoms with Crippen LogP contribution in [0.3, 0.4) is 0 Å². The van der Waals surface area contributed by atoms with Gasteiger partial charge in [0, 0.05) is 18.8 Å². The van der Waals surface area contributed by atoms with Crippen molar-refractivity contribution in [2.24, 2.45) is 0 Å². The second-order valence-electron chi connectivity index (χ2n) is 7.40. The summed E-state index contributed by atoms with van der Waals surface area (Å²) in [7, 11) is 0. The highest BCUT2D eigenvalue weighted by molar-refractivity contribution is 5.81. The van der Waals surface area contributed by atoms with Gasteiger partial charge in [-0.05, 0) is 58.9 Å². The molecule has 1 amide bonds. The molecule has 2 aliphatic heterocycles. The molecule has 6 nitrogen and oxygen atoms in total. The number of aromatic nitrogens is 2. The lowest BCUT2D eigenvalue weighted by Gasteiger charge is -2.29. The molecule has 0 aliphatic carbocycles. The van der Waals surface area contributed by atoms with E-state index in [-0.39, 0.29) is 18.1 Å². The normalized spacial score (nSPS) is 25.3. The first kappa shape index (κ1) is 18.4. The van der Waals surface area contributed by atoms with Gasteiger partial charge in [0.1, 0.15) is 6.10 Å². The summed E-state index contributed by atoms with van der Waals surface area (Å²) in [6.45, 7) is 8.85. The first-order valence-corrected chi connectivity index (χ1v) is 9.59. The van der Waals surface area contributed by atoms with Crippen LogP contribution in [0.25, 0.3) is 0 Å². The van der Waals surface area contributed by atoms with Crippen LogP contribution in [-0.2, 0) is 20.8 Å². The first-order chi connectivity index (χ1) is 12.0. The third kappa shape index (κ3) is 4.61. The minimum absolute atomic E-state index is 0.0971. The summed E-state index contributed by atoms with van der Waals surface area (Å²) < 4.78 is 13.6. The zero-order valence-electron chi connectivity index (χ0n) is 15.7. The van der Waals surface area contributed by atoms with E-state index in [0.717, 1.165) is 56.8 Å². The Hall–Kier alpha value is -1.40. The molecule has 2 aliphatic rings. The average molecular weight is 349 g/mol. The average Bonchev–Trinajstić information content (AvgIpc) is 3.19. The van der Waals surface area contributed by atoms with E-state index in [9.17, 15) is 4.79 Å². The largest absolute Gasteiger partial charge is 0.376 e. The lowest BCUT2D eigenvalue weighted by Crippen LogP contribution is -2.44. The van der Waals surface area contributed by atoms with E-state index in [2.05, 4.69) is 18.1 Å². The molecule has 2 fully saturated rings. The number of rotatable bonds is 6. The number of hydrogen-bond acceptors (Lipinski definition) is 4. The minimum atomic E-state index is -0.411. The SMILES string of the molecule is Cc1cc(C)n(C[C@@H]2CCCN2C(=O)[C@H](C)OC[C@@H]2CCCCO2)n1. The molecule has 2 saturated heterocycles. The van der Waals surface area contributed by atoms with Gasteiger partial charge in [-0.2, -0.15) is 5.10 Å². The number of nitrogens with zero attached hydrogens (tertiary/aromatic N) is 3. The molecular formula is C19H31N3O3. The van der Waals surface area contributed by atoms with E-state index >= 15 is 0 Å². The maximum absolute atomic E-state index is 12.8.